The van der Waals surface area contributed by atoms with Crippen LogP contribution in [0, 0.1) is 12.8 Å². The van der Waals surface area contributed by atoms with Crippen molar-refractivity contribution in [1.82, 2.24) is 10.1 Å². The van der Waals surface area contributed by atoms with Crippen LogP contribution in [0.25, 0.3) is 11.3 Å². The number of aromatic nitrogens is 1. The molecule has 0 saturated carbocycles. The molecule has 0 radical (unpaired) electrons. The van der Waals surface area contributed by atoms with Gasteiger partial charge < -0.3 is 14.5 Å². The van der Waals surface area contributed by atoms with Crippen LogP contribution in [-0.2, 0) is 10.3 Å². The van der Waals surface area contributed by atoms with Gasteiger partial charge >= 0.3 is 5.97 Å². The van der Waals surface area contributed by atoms with Crippen LogP contribution in [0.4, 0.5) is 0 Å². The third kappa shape index (κ3) is 2.22. The summed E-state index contributed by atoms with van der Waals surface area (Å²) in [6, 6.07) is 7.22. The molecule has 0 aliphatic carbocycles. The fourth-order valence-electron chi connectivity index (χ4n) is 4.31. The molecule has 1 aromatic heterocycles. The zero-order valence-electron chi connectivity index (χ0n) is 15.3. The van der Waals surface area contributed by atoms with Crippen molar-refractivity contribution in [2.24, 2.45) is 5.92 Å². The maximum Gasteiger partial charge on any atom is 0.336 e. The van der Waals surface area contributed by atoms with Crippen LogP contribution in [0.2, 0.25) is 5.02 Å². The lowest BCUT2D eigenvalue weighted by Gasteiger charge is -2.51. The maximum absolute atomic E-state index is 12.9. The number of benzene rings is 1. The lowest BCUT2D eigenvalue weighted by atomic mass is 9.73. The second-order valence-electron chi connectivity index (χ2n) is 7.48. The van der Waals surface area contributed by atoms with E-state index in [0.717, 1.165) is 0 Å². The van der Waals surface area contributed by atoms with Gasteiger partial charge in [0.25, 0.3) is 0 Å². The van der Waals surface area contributed by atoms with Gasteiger partial charge in [0.2, 0.25) is 0 Å². The van der Waals surface area contributed by atoms with Crippen molar-refractivity contribution in [1.29, 1.82) is 0 Å². The molecule has 3 atom stereocenters. The highest BCUT2D eigenvalue weighted by atomic mass is 35.5. The van der Waals surface area contributed by atoms with Crippen LogP contribution in [0.5, 0.6) is 0 Å². The summed E-state index contributed by atoms with van der Waals surface area (Å²) >= 11 is 13.6. The average molecular weight is 423 g/mol. The molecule has 0 amide bonds. The minimum atomic E-state index is -1.38. The van der Waals surface area contributed by atoms with E-state index < -0.39 is 16.3 Å². The maximum atomic E-state index is 12.9. The molecule has 8 heteroatoms. The van der Waals surface area contributed by atoms with E-state index in [2.05, 4.69) is 5.16 Å². The summed E-state index contributed by atoms with van der Waals surface area (Å²) in [5.41, 5.74) is 0.297. The van der Waals surface area contributed by atoms with Gasteiger partial charge in [0.05, 0.1) is 31.4 Å². The van der Waals surface area contributed by atoms with E-state index in [9.17, 15) is 9.90 Å². The van der Waals surface area contributed by atoms with Gasteiger partial charge in [-0.05, 0) is 32.9 Å². The number of hydrogen-bond acceptors (Lipinski definition) is 5. The molecular formula is C19H19ClN2O3S2. The number of aliphatic carboxylic acids is 1. The highest BCUT2D eigenvalue weighted by molar-refractivity contribution is 8.01. The molecule has 142 valence electrons. The fraction of sp³-hybridized carbons (Fsp3) is 0.421. The number of hydrogen-bond donors (Lipinski definition) is 1. The summed E-state index contributed by atoms with van der Waals surface area (Å²) in [6.07, 6.45) is 0. The number of carbonyl (C=O) groups is 1. The Morgan fingerprint density at radius 2 is 2.07 bits per heavy atom. The SMILES string of the molecule is Cc1noc(-c2ccccc2Cl)c1[C@@]1(C(=O)O)N2C(=S)[C@@H](C)[C@H]2SC1(C)C. The highest BCUT2D eigenvalue weighted by Crippen LogP contribution is 2.64. The Bertz CT molecular complexity index is 974. The van der Waals surface area contributed by atoms with Crippen molar-refractivity contribution in [2.45, 2.75) is 43.4 Å². The normalized spacial score (nSPS) is 28.8. The Hall–Kier alpha value is -1.57. The first kappa shape index (κ1) is 18.8. The predicted molar refractivity (Wildman–Crippen MR) is 110 cm³/mol. The quantitative estimate of drug-likeness (QED) is 0.718. The number of thioether (sulfide) groups is 1. The highest BCUT2D eigenvalue weighted by Gasteiger charge is 2.72. The van der Waals surface area contributed by atoms with Crippen molar-refractivity contribution >= 4 is 46.5 Å². The standard InChI is InChI=1S/C19H19ClN2O3S2/c1-9-15(26)22-16(9)27-18(3,4)19(22,17(23)24)13-10(2)21-25-14(13)11-7-5-6-8-12(11)20/h5-9,16H,1-4H3,(H,23,24)/t9-,16-,19+/m1/s1. The van der Waals surface area contributed by atoms with Crippen LogP contribution in [0.3, 0.4) is 0 Å². The number of nitrogens with zero attached hydrogens (tertiary/aromatic N) is 2. The molecule has 2 aromatic rings. The molecular weight excluding hydrogens is 404 g/mol. The van der Waals surface area contributed by atoms with E-state index in [4.69, 9.17) is 28.3 Å². The molecule has 0 spiro atoms. The Morgan fingerprint density at radius 1 is 1.41 bits per heavy atom. The Morgan fingerprint density at radius 3 is 2.70 bits per heavy atom. The third-order valence-electron chi connectivity index (χ3n) is 5.61. The zero-order valence-corrected chi connectivity index (χ0v) is 17.7. The zero-order chi connectivity index (χ0) is 19.7. The van der Waals surface area contributed by atoms with Gasteiger partial charge in [0, 0.05) is 11.5 Å². The molecule has 2 aliphatic rings. The third-order valence-corrected chi connectivity index (χ3v) is 8.25. The van der Waals surface area contributed by atoms with Crippen molar-refractivity contribution in [3.05, 3.63) is 40.5 Å². The molecule has 5 nitrogen and oxygen atoms in total. The van der Waals surface area contributed by atoms with Gasteiger partial charge in [-0.2, -0.15) is 0 Å². The van der Waals surface area contributed by atoms with Crippen LogP contribution < -0.4 is 0 Å². The molecule has 0 bridgehead atoms. The summed E-state index contributed by atoms with van der Waals surface area (Å²) in [5, 5.41) is 15.2. The number of rotatable bonds is 3. The summed E-state index contributed by atoms with van der Waals surface area (Å²) in [6.45, 7) is 7.70. The number of halogens is 1. The number of carboxylic acids is 1. The summed E-state index contributed by atoms with van der Waals surface area (Å²) in [4.78, 5) is 15.4. The topological polar surface area (TPSA) is 66.6 Å². The first-order valence-electron chi connectivity index (χ1n) is 8.60. The molecule has 3 heterocycles. The van der Waals surface area contributed by atoms with E-state index in [1.54, 1.807) is 24.8 Å². The van der Waals surface area contributed by atoms with Gasteiger partial charge in [0.15, 0.2) is 11.3 Å². The van der Waals surface area contributed by atoms with Crippen LogP contribution in [-0.4, -0.2) is 36.2 Å². The largest absolute Gasteiger partial charge is 0.479 e. The van der Waals surface area contributed by atoms with Gasteiger partial charge in [0.1, 0.15) is 0 Å². The van der Waals surface area contributed by atoms with E-state index in [0.29, 0.717) is 32.6 Å². The van der Waals surface area contributed by atoms with E-state index in [1.165, 1.54) is 0 Å². The van der Waals surface area contributed by atoms with Crippen molar-refractivity contribution < 1.29 is 14.4 Å². The molecule has 0 unspecified atom stereocenters. The second kappa shape index (κ2) is 5.96. The minimum Gasteiger partial charge on any atom is -0.479 e. The van der Waals surface area contributed by atoms with Gasteiger partial charge in [-0.15, -0.1) is 11.8 Å². The summed E-state index contributed by atoms with van der Waals surface area (Å²) in [5.74, 6) is -0.428. The van der Waals surface area contributed by atoms with Crippen LogP contribution in [0.15, 0.2) is 28.8 Å². The van der Waals surface area contributed by atoms with Gasteiger partial charge in [-0.3, -0.25) is 0 Å². The molecule has 2 fully saturated rings. The lowest BCUT2D eigenvalue weighted by Crippen LogP contribution is -2.67. The molecule has 27 heavy (non-hydrogen) atoms. The van der Waals surface area contributed by atoms with E-state index in [-0.39, 0.29) is 11.3 Å². The molecule has 1 N–H and O–H groups in total. The summed E-state index contributed by atoms with van der Waals surface area (Å²) < 4.78 is 4.97. The van der Waals surface area contributed by atoms with Crippen molar-refractivity contribution in [3.8, 4) is 11.3 Å². The molecule has 2 saturated heterocycles. The second-order valence-corrected chi connectivity index (χ2v) is 10.0. The van der Waals surface area contributed by atoms with Crippen LogP contribution in [0.1, 0.15) is 32.0 Å². The molecule has 4 rings (SSSR count). The average Bonchev–Trinajstić information content (AvgIpc) is 3.08. The lowest BCUT2D eigenvalue weighted by molar-refractivity contribution is -0.152. The smallest absolute Gasteiger partial charge is 0.336 e. The van der Waals surface area contributed by atoms with E-state index >= 15 is 0 Å². The first-order chi connectivity index (χ1) is 12.6. The molecule has 1 aromatic carbocycles. The number of aryl methyl sites for hydroxylation is 1. The Balaban J connectivity index is 2.04. The van der Waals surface area contributed by atoms with E-state index in [1.807, 2.05) is 43.9 Å². The van der Waals surface area contributed by atoms with Crippen LogP contribution >= 0.6 is 35.6 Å². The van der Waals surface area contributed by atoms with Crippen molar-refractivity contribution in [3.63, 3.8) is 0 Å². The number of thiocarbonyl (C=S) groups is 1. The Labute approximate surface area is 172 Å². The van der Waals surface area contributed by atoms with Gasteiger partial charge in [-0.25, -0.2) is 4.79 Å². The first-order valence-corrected chi connectivity index (χ1v) is 10.3. The fourth-order valence-corrected chi connectivity index (χ4v) is 6.84. The molecule has 2 aliphatic heterocycles. The van der Waals surface area contributed by atoms with Gasteiger partial charge in [-0.1, -0.05) is 48.0 Å². The van der Waals surface area contributed by atoms with Crippen molar-refractivity contribution in [2.75, 3.05) is 0 Å². The predicted octanol–water partition coefficient (Wildman–Crippen LogP) is 4.71. The Kier molecular flexibility index (Phi) is 4.15. The number of carboxylic acid groups (broad SMARTS) is 1. The monoisotopic (exact) mass is 422 g/mol. The number of fused-ring (bicyclic) bond motifs is 1. The minimum absolute atomic E-state index is 0.0111. The summed E-state index contributed by atoms with van der Waals surface area (Å²) in [7, 11) is 0.